The molecule has 4 aromatic rings. The van der Waals surface area contributed by atoms with Crippen molar-refractivity contribution in [2.75, 3.05) is 19.1 Å². The van der Waals surface area contributed by atoms with E-state index in [9.17, 15) is 14.9 Å². The van der Waals surface area contributed by atoms with E-state index in [0.29, 0.717) is 35.8 Å². The second kappa shape index (κ2) is 10.6. The number of hydrogen-bond donors (Lipinski definition) is 0. The van der Waals surface area contributed by atoms with Gasteiger partial charge in [-0.1, -0.05) is 66.7 Å². The largest absolute Gasteiger partial charge is 0.493 e. The van der Waals surface area contributed by atoms with Crippen molar-refractivity contribution in [3.05, 3.63) is 129 Å². The fraction of sp³-hybridized carbons (Fsp3) is 0.167. The molecule has 0 spiro atoms. The second-order valence-corrected chi connectivity index (χ2v) is 8.98. The molecule has 1 amide bonds. The average Bonchev–Trinajstić information content (AvgIpc) is 2.96. The fourth-order valence-corrected chi connectivity index (χ4v) is 4.89. The van der Waals surface area contributed by atoms with Crippen molar-refractivity contribution in [1.29, 1.82) is 0 Å². The zero-order chi connectivity index (χ0) is 26.6. The van der Waals surface area contributed by atoms with Gasteiger partial charge in [-0.3, -0.25) is 14.9 Å². The number of ether oxygens (including phenoxy) is 2. The average molecular weight is 510 g/mol. The molecule has 0 bridgehead atoms. The number of methoxy groups -OCH3 is 2. The van der Waals surface area contributed by atoms with Crippen LogP contribution in [0.25, 0.3) is 0 Å². The zero-order valence-electron chi connectivity index (χ0n) is 21.1. The lowest BCUT2D eigenvalue weighted by molar-refractivity contribution is -0.384. The Morgan fingerprint density at radius 3 is 1.95 bits per heavy atom. The number of nitro groups is 1. The maximum absolute atomic E-state index is 14.1. The van der Waals surface area contributed by atoms with Gasteiger partial charge in [0.1, 0.15) is 6.17 Å². The van der Waals surface area contributed by atoms with Crippen LogP contribution < -0.4 is 14.4 Å². The molecule has 0 saturated carbocycles. The summed E-state index contributed by atoms with van der Waals surface area (Å²) in [6, 6.07) is 29.7. The highest BCUT2D eigenvalue weighted by Crippen LogP contribution is 2.43. The third-order valence-corrected chi connectivity index (χ3v) is 6.68. The topological polar surface area (TPSA) is 85.1 Å². The quantitative estimate of drug-likeness (QED) is 0.215. The van der Waals surface area contributed by atoms with Crippen molar-refractivity contribution < 1.29 is 19.2 Å². The summed E-state index contributed by atoms with van der Waals surface area (Å²) in [5, 5.41) is 11.6. The number of nitrogens with zero attached hydrogens (tertiary/aromatic N) is 3. The fourth-order valence-electron chi connectivity index (χ4n) is 4.89. The van der Waals surface area contributed by atoms with Crippen molar-refractivity contribution in [2.45, 2.75) is 19.3 Å². The standard InChI is InChI=1S/C30H27N3O5/c1-37-27-16-13-23(17-28(27)38-2)29-31(19-21-9-5-3-6-10-21)26-15-14-24(33(35)36)18-25(26)30(34)32(29)20-22-11-7-4-8-12-22/h3-18,29H,19-20H2,1-2H3/t29-/m0/s1. The minimum absolute atomic E-state index is 0.124. The predicted molar refractivity (Wildman–Crippen MR) is 144 cm³/mol. The normalized spacial score (nSPS) is 14.7. The van der Waals surface area contributed by atoms with Gasteiger partial charge in [0.15, 0.2) is 11.5 Å². The van der Waals surface area contributed by atoms with Crippen LogP contribution in [-0.2, 0) is 13.1 Å². The summed E-state index contributed by atoms with van der Waals surface area (Å²) in [6.45, 7) is 0.787. The minimum atomic E-state index is -0.517. The molecule has 38 heavy (non-hydrogen) atoms. The number of carbonyl (C=O) groups is 1. The molecule has 1 heterocycles. The summed E-state index contributed by atoms with van der Waals surface area (Å²) in [6.07, 6.45) is -0.517. The van der Waals surface area contributed by atoms with E-state index in [1.54, 1.807) is 25.2 Å². The first kappa shape index (κ1) is 24.8. The number of nitro benzene ring substituents is 1. The summed E-state index contributed by atoms with van der Waals surface area (Å²) >= 11 is 0. The van der Waals surface area contributed by atoms with Crippen LogP contribution in [0.5, 0.6) is 11.5 Å². The molecular formula is C30H27N3O5. The summed E-state index contributed by atoms with van der Waals surface area (Å²) in [7, 11) is 3.15. The molecular weight excluding hydrogens is 482 g/mol. The van der Waals surface area contributed by atoms with Gasteiger partial charge in [-0.05, 0) is 34.9 Å². The number of non-ortho nitro benzene ring substituents is 1. The number of anilines is 1. The highest BCUT2D eigenvalue weighted by atomic mass is 16.6. The van der Waals surface area contributed by atoms with Gasteiger partial charge in [0.05, 0.1) is 30.4 Å². The van der Waals surface area contributed by atoms with Crippen LogP contribution in [0.4, 0.5) is 11.4 Å². The molecule has 5 rings (SSSR count). The van der Waals surface area contributed by atoms with Crippen LogP contribution in [0.3, 0.4) is 0 Å². The molecule has 8 heteroatoms. The van der Waals surface area contributed by atoms with Gasteiger partial charge >= 0.3 is 0 Å². The number of fused-ring (bicyclic) bond motifs is 1. The van der Waals surface area contributed by atoms with E-state index in [1.807, 2.05) is 78.9 Å². The molecule has 1 aliphatic rings. The molecule has 1 aliphatic heterocycles. The first-order valence-corrected chi connectivity index (χ1v) is 12.2. The lowest BCUT2D eigenvalue weighted by Crippen LogP contribution is -2.48. The van der Waals surface area contributed by atoms with Gasteiger partial charge in [0.2, 0.25) is 0 Å². The molecule has 4 aromatic carbocycles. The van der Waals surface area contributed by atoms with Gasteiger partial charge in [0.25, 0.3) is 11.6 Å². The Morgan fingerprint density at radius 1 is 0.763 bits per heavy atom. The molecule has 0 N–H and O–H groups in total. The van der Waals surface area contributed by atoms with E-state index in [-0.39, 0.29) is 11.6 Å². The SMILES string of the molecule is COc1ccc([C@@H]2N(Cc3ccccc3)C(=O)c3cc([N+](=O)[O-])ccc3N2Cc2ccccc2)cc1OC. The van der Waals surface area contributed by atoms with Gasteiger partial charge in [-0.2, -0.15) is 0 Å². The van der Waals surface area contributed by atoms with E-state index in [0.717, 1.165) is 16.7 Å². The predicted octanol–water partition coefficient (Wildman–Crippen LogP) is 5.97. The Hall–Kier alpha value is -4.85. The van der Waals surface area contributed by atoms with Crippen LogP contribution in [0, 0.1) is 10.1 Å². The molecule has 0 saturated heterocycles. The molecule has 0 unspecified atom stereocenters. The number of benzene rings is 4. The summed E-state index contributed by atoms with van der Waals surface area (Å²) in [5.41, 5.74) is 3.61. The van der Waals surface area contributed by atoms with Crippen LogP contribution in [-0.4, -0.2) is 29.9 Å². The number of amides is 1. The Morgan fingerprint density at radius 2 is 1.37 bits per heavy atom. The van der Waals surface area contributed by atoms with Gasteiger partial charge in [0, 0.05) is 25.2 Å². The first-order chi connectivity index (χ1) is 18.5. The Balaban J connectivity index is 1.72. The smallest absolute Gasteiger partial charge is 0.270 e. The van der Waals surface area contributed by atoms with E-state index in [2.05, 4.69) is 4.90 Å². The lowest BCUT2D eigenvalue weighted by Gasteiger charge is -2.46. The highest BCUT2D eigenvalue weighted by molar-refractivity contribution is 6.02. The molecule has 1 atom stereocenters. The number of hydrogen-bond acceptors (Lipinski definition) is 6. The molecule has 0 aliphatic carbocycles. The Bertz CT molecular complexity index is 1460. The monoisotopic (exact) mass is 509 g/mol. The van der Waals surface area contributed by atoms with Crippen molar-refractivity contribution >= 4 is 17.3 Å². The van der Waals surface area contributed by atoms with E-state index in [4.69, 9.17) is 9.47 Å². The Kier molecular flexibility index (Phi) is 6.95. The number of carbonyl (C=O) groups excluding carboxylic acids is 1. The van der Waals surface area contributed by atoms with Crippen LogP contribution in [0.1, 0.15) is 33.2 Å². The van der Waals surface area contributed by atoms with Crippen molar-refractivity contribution in [3.8, 4) is 11.5 Å². The molecule has 0 radical (unpaired) electrons. The van der Waals surface area contributed by atoms with E-state index < -0.39 is 11.1 Å². The van der Waals surface area contributed by atoms with Crippen LogP contribution in [0.2, 0.25) is 0 Å². The van der Waals surface area contributed by atoms with Crippen molar-refractivity contribution in [3.63, 3.8) is 0 Å². The van der Waals surface area contributed by atoms with E-state index >= 15 is 0 Å². The Labute approximate surface area is 220 Å². The van der Waals surface area contributed by atoms with Gasteiger partial charge < -0.3 is 19.3 Å². The number of rotatable bonds is 8. The van der Waals surface area contributed by atoms with Gasteiger partial charge in [-0.15, -0.1) is 0 Å². The second-order valence-electron chi connectivity index (χ2n) is 8.98. The first-order valence-electron chi connectivity index (χ1n) is 12.2. The molecule has 0 aromatic heterocycles. The summed E-state index contributed by atoms with van der Waals surface area (Å²) < 4.78 is 11.0. The molecule has 0 fully saturated rings. The van der Waals surface area contributed by atoms with Crippen molar-refractivity contribution in [1.82, 2.24) is 4.90 Å². The third kappa shape index (κ3) is 4.76. The summed E-state index contributed by atoms with van der Waals surface area (Å²) in [5.74, 6) is 0.849. The minimum Gasteiger partial charge on any atom is -0.493 e. The maximum Gasteiger partial charge on any atom is 0.270 e. The molecule has 8 nitrogen and oxygen atoms in total. The lowest BCUT2D eigenvalue weighted by atomic mass is 9.98. The van der Waals surface area contributed by atoms with Crippen molar-refractivity contribution in [2.24, 2.45) is 0 Å². The van der Waals surface area contributed by atoms with Gasteiger partial charge in [-0.25, -0.2) is 0 Å². The molecule has 192 valence electrons. The third-order valence-electron chi connectivity index (χ3n) is 6.68. The van der Waals surface area contributed by atoms with E-state index in [1.165, 1.54) is 12.1 Å². The maximum atomic E-state index is 14.1. The zero-order valence-corrected chi connectivity index (χ0v) is 21.1. The highest BCUT2D eigenvalue weighted by Gasteiger charge is 2.40. The van der Waals surface area contributed by atoms with Crippen LogP contribution >= 0.6 is 0 Å². The summed E-state index contributed by atoms with van der Waals surface area (Å²) in [4.78, 5) is 29.1. The van der Waals surface area contributed by atoms with Crippen LogP contribution in [0.15, 0.2) is 97.1 Å².